The molecule has 8 unspecified atom stereocenters. The van der Waals surface area contributed by atoms with Crippen molar-refractivity contribution in [3.05, 3.63) is 0 Å². The molecule has 4 aliphatic rings. The molecule has 0 aromatic rings. The van der Waals surface area contributed by atoms with Gasteiger partial charge in [0.2, 0.25) is 0 Å². The second-order valence-electron chi connectivity index (χ2n) is 16.5. The first-order chi connectivity index (χ1) is 23.6. The molecule has 0 aromatic carbocycles. The van der Waals surface area contributed by atoms with Crippen molar-refractivity contribution in [2.75, 3.05) is 37.0 Å². The van der Waals surface area contributed by atoms with Gasteiger partial charge in [0, 0.05) is 0 Å². The average Bonchev–Trinajstić information content (AvgIpc) is 3.88. The molecule has 280 valence electrons. The summed E-state index contributed by atoms with van der Waals surface area (Å²) in [5.74, 6) is -0.839. The van der Waals surface area contributed by atoms with Crippen molar-refractivity contribution < 1.29 is 39.6 Å². The van der Waals surface area contributed by atoms with Gasteiger partial charge in [0.1, 0.15) is 0 Å². The standard InChI is InChI=1S/C39H66O8P2/c40-36(41)32-14-10-28(24-32)6-1-18-48(19-2-7-29-11-15-33(25-29)37(42)43)22-5-23-49(20-3-8-30-12-16-34(26-30)38(44)45)21-4-9-31-13-17-35(27-31)39(46)47/h28-35H,1-27H2,(H,40,41)(H,42,43)(H,44,45)(H,46,47). The number of aliphatic carboxylic acids is 4. The molecular weight excluding hydrogens is 658 g/mol. The summed E-state index contributed by atoms with van der Waals surface area (Å²) >= 11 is 0. The quantitative estimate of drug-likeness (QED) is 0.0720. The molecule has 8 nitrogen and oxygen atoms in total. The molecule has 0 amide bonds. The van der Waals surface area contributed by atoms with E-state index in [0.29, 0.717) is 23.7 Å². The predicted molar refractivity (Wildman–Crippen MR) is 198 cm³/mol. The molecule has 49 heavy (non-hydrogen) atoms. The zero-order chi connectivity index (χ0) is 35.2. The van der Waals surface area contributed by atoms with E-state index in [1.54, 1.807) is 0 Å². The fourth-order valence-electron chi connectivity index (χ4n) is 9.85. The Morgan fingerprint density at radius 1 is 0.367 bits per heavy atom. The van der Waals surface area contributed by atoms with Crippen molar-refractivity contribution in [2.24, 2.45) is 47.3 Å². The Kier molecular flexibility index (Phi) is 17.6. The van der Waals surface area contributed by atoms with E-state index >= 15 is 0 Å². The van der Waals surface area contributed by atoms with Gasteiger partial charge in [-0.15, -0.1) is 15.8 Å². The van der Waals surface area contributed by atoms with Gasteiger partial charge < -0.3 is 20.4 Å². The molecule has 4 N–H and O–H groups in total. The second-order valence-corrected chi connectivity index (χ2v) is 21.8. The molecule has 0 aliphatic heterocycles. The highest BCUT2D eigenvalue weighted by Gasteiger charge is 2.32. The van der Waals surface area contributed by atoms with Gasteiger partial charge in [-0.2, -0.15) is 0 Å². The van der Waals surface area contributed by atoms with Crippen molar-refractivity contribution in [3.63, 3.8) is 0 Å². The summed E-state index contributed by atoms with van der Waals surface area (Å²) in [7, 11) is -0.151. The maximum atomic E-state index is 11.5. The van der Waals surface area contributed by atoms with Crippen molar-refractivity contribution in [1.82, 2.24) is 0 Å². The number of carboxylic acid groups (broad SMARTS) is 4. The lowest BCUT2D eigenvalue weighted by Crippen LogP contribution is -2.10. The fourth-order valence-corrected chi connectivity index (χ4v) is 15.2. The molecule has 10 heteroatoms. The van der Waals surface area contributed by atoms with E-state index in [4.69, 9.17) is 0 Å². The third-order valence-electron chi connectivity index (χ3n) is 12.9. The molecule has 0 radical (unpaired) electrons. The number of rotatable bonds is 24. The van der Waals surface area contributed by atoms with Crippen LogP contribution in [0, 0.1) is 47.3 Å². The topological polar surface area (TPSA) is 149 Å². The Morgan fingerprint density at radius 3 is 0.796 bits per heavy atom. The lowest BCUT2D eigenvalue weighted by molar-refractivity contribution is -0.142. The number of carbonyl (C=O) groups is 4. The van der Waals surface area contributed by atoms with Crippen LogP contribution in [0.1, 0.15) is 135 Å². The molecule has 0 bridgehead atoms. The normalized spacial score (nSPS) is 31.2. The van der Waals surface area contributed by atoms with E-state index in [9.17, 15) is 39.6 Å². The Bertz CT molecular complexity index is 898. The molecule has 4 fully saturated rings. The van der Waals surface area contributed by atoms with Gasteiger partial charge in [-0.25, -0.2) is 0 Å². The van der Waals surface area contributed by atoms with Crippen LogP contribution in [0.4, 0.5) is 0 Å². The van der Waals surface area contributed by atoms with Crippen LogP contribution in [0.5, 0.6) is 0 Å². The van der Waals surface area contributed by atoms with E-state index in [1.165, 1.54) is 69.1 Å². The van der Waals surface area contributed by atoms with Gasteiger partial charge >= 0.3 is 23.9 Å². The Labute approximate surface area is 297 Å². The zero-order valence-corrected chi connectivity index (χ0v) is 31.8. The molecule has 4 saturated carbocycles. The fraction of sp³-hybridized carbons (Fsp3) is 0.897. The lowest BCUT2D eigenvalue weighted by atomic mass is 10.0. The van der Waals surface area contributed by atoms with Crippen molar-refractivity contribution in [2.45, 2.75) is 135 Å². The zero-order valence-electron chi connectivity index (χ0n) is 30.0. The van der Waals surface area contributed by atoms with Crippen LogP contribution in [0.2, 0.25) is 0 Å². The van der Waals surface area contributed by atoms with E-state index in [0.717, 1.165) is 103 Å². The Balaban J connectivity index is 1.24. The monoisotopic (exact) mass is 724 g/mol. The van der Waals surface area contributed by atoms with Crippen LogP contribution in [-0.2, 0) is 19.2 Å². The van der Waals surface area contributed by atoms with E-state index in [1.807, 2.05) is 0 Å². The summed E-state index contributed by atoms with van der Waals surface area (Å²) in [6, 6.07) is 0. The van der Waals surface area contributed by atoms with Gasteiger partial charge in [-0.1, -0.05) is 25.7 Å². The summed E-state index contributed by atoms with van der Waals surface area (Å²) in [5.41, 5.74) is 0. The number of carboxylic acids is 4. The van der Waals surface area contributed by atoms with Gasteiger partial charge in [0.25, 0.3) is 0 Å². The number of hydrogen-bond donors (Lipinski definition) is 4. The minimum atomic E-state index is -0.626. The Hall–Kier alpha value is -1.26. The number of hydrogen-bond acceptors (Lipinski definition) is 4. The van der Waals surface area contributed by atoms with Crippen LogP contribution in [0.25, 0.3) is 0 Å². The van der Waals surface area contributed by atoms with Gasteiger partial charge in [0.15, 0.2) is 0 Å². The first-order valence-corrected chi connectivity index (χ1v) is 23.7. The van der Waals surface area contributed by atoms with E-state index in [2.05, 4.69) is 0 Å². The highest BCUT2D eigenvalue weighted by Crippen LogP contribution is 2.46. The molecule has 8 atom stereocenters. The lowest BCUT2D eigenvalue weighted by Gasteiger charge is -2.23. The highest BCUT2D eigenvalue weighted by atomic mass is 31.1. The van der Waals surface area contributed by atoms with Crippen LogP contribution < -0.4 is 0 Å². The van der Waals surface area contributed by atoms with Gasteiger partial charge in [0.05, 0.1) is 23.7 Å². The van der Waals surface area contributed by atoms with Crippen LogP contribution in [0.15, 0.2) is 0 Å². The molecule has 0 spiro atoms. The summed E-state index contributed by atoms with van der Waals surface area (Å²) in [6.07, 6.45) is 29.4. The molecule has 0 saturated heterocycles. The first-order valence-electron chi connectivity index (χ1n) is 19.9. The van der Waals surface area contributed by atoms with Crippen LogP contribution in [-0.4, -0.2) is 81.3 Å². The molecule has 0 heterocycles. The van der Waals surface area contributed by atoms with Gasteiger partial charge in [-0.3, -0.25) is 19.2 Å². The molecule has 4 rings (SSSR count). The maximum absolute atomic E-state index is 11.5. The second kappa shape index (κ2) is 21.3. The SMILES string of the molecule is O=C(O)C1CCC(CCCP(CCCC2CCC(C(=O)O)C2)CCCP(CCCC2CCC(C(=O)O)C2)CCCC2CCC(C(=O)O)C2)C1. The first kappa shape index (κ1) is 40.5. The third kappa shape index (κ3) is 14.4. The highest BCUT2D eigenvalue weighted by molar-refractivity contribution is 7.58. The summed E-state index contributed by atoms with van der Waals surface area (Å²) in [5, 5.41) is 37.7. The average molecular weight is 725 g/mol. The minimum absolute atomic E-state index is 0.0755. The molecule has 4 aliphatic carbocycles. The largest absolute Gasteiger partial charge is 0.481 e. The summed E-state index contributed by atoms with van der Waals surface area (Å²) in [4.78, 5) is 45.8. The predicted octanol–water partition coefficient (Wildman–Crippen LogP) is 9.46. The van der Waals surface area contributed by atoms with Gasteiger partial charge in [-0.05, 0) is 170 Å². The Morgan fingerprint density at radius 2 is 0.592 bits per heavy atom. The maximum Gasteiger partial charge on any atom is 0.306 e. The summed E-state index contributed by atoms with van der Waals surface area (Å²) < 4.78 is 0. The third-order valence-corrected chi connectivity index (χ3v) is 18.5. The van der Waals surface area contributed by atoms with Crippen molar-refractivity contribution in [1.29, 1.82) is 0 Å². The summed E-state index contributed by atoms with van der Waals surface area (Å²) in [6.45, 7) is 0. The van der Waals surface area contributed by atoms with E-state index in [-0.39, 0.29) is 39.5 Å². The molecule has 0 aromatic heterocycles. The van der Waals surface area contributed by atoms with E-state index < -0.39 is 23.9 Å². The van der Waals surface area contributed by atoms with Crippen molar-refractivity contribution >= 4 is 39.7 Å². The smallest absolute Gasteiger partial charge is 0.306 e. The van der Waals surface area contributed by atoms with Crippen molar-refractivity contribution in [3.8, 4) is 0 Å². The van der Waals surface area contributed by atoms with Crippen LogP contribution >= 0.6 is 15.8 Å². The molecular formula is C39H66O8P2. The minimum Gasteiger partial charge on any atom is -0.481 e. The van der Waals surface area contributed by atoms with Crippen LogP contribution in [0.3, 0.4) is 0 Å².